The third kappa shape index (κ3) is 2.26. The number of nitrogen functional groups attached to an aromatic ring is 1. The molecule has 6 heteroatoms. The number of para-hydroxylation sites is 1. The Labute approximate surface area is 114 Å². The minimum Gasteiger partial charge on any atom is -0.398 e. The van der Waals surface area contributed by atoms with Gasteiger partial charge in [0.1, 0.15) is 11.4 Å². The lowest BCUT2D eigenvalue weighted by molar-refractivity contribution is 0.823. The molecule has 2 N–H and O–H groups in total. The highest BCUT2D eigenvalue weighted by Crippen LogP contribution is 2.31. The van der Waals surface area contributed by atoms with Gasteiger partial charge in [0.25, 0.3) is 5.78 Å². The summed E-state index contributed by atoms with van der Waals surface area (Å²) in [5.41, 5.74) is 7.73. The Morgan fingerprint density at radius 2 is 2.16 bits per heavy atom. The normalized spacial score (nSPS) is 11.0. The van der Waals surface area contributed by atoms with Gasteiger partial charge in [-0.05, 0) is 24.6 Å². The minimum atomic E-state index is 0.622. The van der Waals surface area contributed by atoms with Gasteiger partial charge in [-0.1, -0.05) is 30.8 Å². The lowest BCUT2D eigenvalue weighted by atomic mass is 10.3. The van der Waals surface area contributed by atoms with E-state index >= 15 is 0 Å². The summed E-state index contributed by atoms with van der Waals surface area (Å²) in [6.45, 7) is 2.07. The van der Waals surface area contributed by atoms with Crippen molar-refractivity contribution in [2.75, 3.05) is 5.73 Å². The summed E-state index contributed by atoms with van der Waals surface area (Å²) in [5, 5.41) is 5.17. The van der Waals surface area contributed by atoms with Crippen LogP contribution in [0.3, 0.4) is 0 Å². The first-order valence-electron chi connectivity index (χ1n) is 6.00. The number of benzene rings is 1. The number of fused-ring (bicyclic) bond motifs is 1. The Kier molecular flexibility index (Phi) is 3.08. The van der Waals surface area contributed by atoms with E-state index in [1.54, 1.807) is 16.3 Å². The van der Waals surface area contributed by atoms with Gasteiger partial charge in [0.2, 0.25) is 0 Å². The molecule has 0 amide bonds. The molecule has 0 aliphatic heterocycles. The third-order valence-corrected chi connectivity index (χ3v) is 3.86. The first-order valence-corrected chi connectivity index (χ1v) is 6.81. The largest absolute Gasteiger partial charge is 0.398 e. The monoisotopic (exact) mass is 271 g/mol. The van der Waals surface area contributed by atoms with Gasteiger partial charge in [-0.25, -0.2) is 4.98 Å². The number of rotatable bonds is 3. The summed E-state index contributed by atoms with van der Waals surface area (Å²) in [7, 11) is 0. The molecule has 0 fully saturated rings. The van der Waals surface area contributed by atoms with E-state index in [-0.39, 0.29) is 0 Å². The number of aryl methyl sites for hydroxylation is 1. The Morgan fingerprint density at radius 1 is 1.32 bits per heavy atom. The third-order valence-electron chi connectivity index (χ3n) is 2.77. The van der Waals surface area contributed by atoms with Crippen molar-refractivity contribution in [3.63, 3.8) is 0 Å². The lowest BCUT2D eigenvalue weighted by Crippen LogP contribution is -1.99. The second kappa shape index (κ2) is 4.89. The molecule has 0 saturated heterocycles. The van der Waals surface area contributed by atoms with Crippen LogP contribution in [-0.4, -0.2) is 19.6 Å². The smallest absolute Gasteiger partial charge is 0.253 e. The minimum absolute atomic E-state index is 0.622. The molecule has 2 aromatic heterocycles. The molecule has 0 saturated carbocycles. The molecule has 3 aromatic rings. The number of nitrogens with zero attached hydrogens (tertiary/aromatic N) is 4. The fourth-order valence-corrected chi connectivity index (χ4v) is 2.74. The molecule has 0 radical (unpaired) electrons. The Morgan fingerprint density at radius 3 is 2.95 bits per heavy atom. The van der Waals surface area contributed by atoms with Gasteiger partial charge < -0.3 is 5.73 Å². The fraction of sp³-hybridized carbons (Fsp3) is 0.154. The van der Waals surface area contributed by atoms with Crippen molar-refractivity contribution in [2.45, 2.75) is 23.3 Å². The topological polar surface area (TPSA) is 69.1 Å². The number of anilines is 1. The molecule has 0 unspecified atom stereocenters. The highest BCUT2D eigenvalue weighted by molar-refractivity contribution is 7.99. The van der Waals surface area contributed by atoms with E-state index in [0.717, 1.165) is 27.7 Å². The van der Waals surface area contributed by atoms with E-state index in [0.29, 0.717) is 5.78 Å². The SMILES string of the molecule is CCc1cc(Sc2ccccc2N)n2ncnc2n1. The van der Waals surface area contributed by atoms with Gasteiger partial charge in [-0.15, -0.1) is 0 Å². The van der Waals surface area contributed by atoms with Crippen molar-refractivity contribution >= 4 is 23.2 Å². The van der Waals surface area contributed by atoms with Crippen molar-refractivity contribution in [1.29, 1.82) is 0 Å². The highest BCUT2D eigenvalue weighted by atomic mass is 32.2. The van der Waals surface area contributed by atoms with E-state index in [4.69, 9.17) is 5.73 Å². The number of hydrogen-bond acceptors (Lipinski definition) is 5. The summed E-state index contributed by atoms with van der Waals surface area (Å²) in [6, 6.07) is 9.81. The molecule has 0 atom stereocenters. The molecule has 19 heavy (non-hydrogen) atoms. The van der Waals surface area contributed by atoms with Crippen LogP contribution in [0.5, 0.6) is 0 Å². The second-order valence-corrected chi connectivity index (χ2v) is 5.11. The predicted octanol–water partition coefficient (Wildman–Crippen LogP) is 2.42. The van der Waals surface area contributed by atoms with E-state index in [9.17, 15) is 0 Å². The van der Waals surface area contributed by atoms with Gasteiger partial charge in [0.15, 0.2) is 0 Å². The van der Waals surface area contributed by atoms with Crippen LogP contribution in [0.15, 0.2) is 46.6 Å². The van der Waals surface area contributed by atoms with Crippen molar-refractivity contribution in [2.24, 2.45) is 0 Å². The van der Waals surface area contributed by atoms with Gasteiger partial charge in [-0.2, -0.15) is 14.6 Å². The Balaban J connectivity index is 2.09. The molecule has 96 valence electrons. The first-order chi connectivity index (χ1) is 9.28. The summed E-state index contributed by atoms with van der Waals surface area (Å²) in [5.74, 6) is 0.622. The van der Waals surface area contributed by atoms with Gasteiger partial charge in [0.05, 0.1) is 0 Å². The van der Waals surface area contributed by atoms with Crippen LogP contribution < -0.4 is 5.73 Å². The first kappa shape index (κ1) is 12.0. The fourth-order valence-electron chi connectivity index (χ4n) is 1.77. The van der Waals surface area contributed by atoms with Crippen LogP contribution in [0.4, 0.5) is 5.69 Å². The lowest BCUT2D eigenvalue weighted by Gasteiger charge is -2.07. The summed E-state index contributed by atoms with van der Waals surface area (Å²) in [4.78, 5) is 9.58. The molecule has 0 bridgehead atoms. The quantitative estimate of drug-likeness (QED) is 0.585. The average molecular weight is 271 g/mol. The molecule has 3 rings (SSSR count). The van der Waals surface area contributed by atoms with Crippen LogP contribution in [0.1, 0.15) is 12.6 Å². The zero-order valence-corrected chi connectivity index (χ0v) is 11.3. The van der Waals surface area contributed by atoms with Gasteiger partial charge >= 0.3 is 0 Å². The van der Waals surface area contributed by atoms with Crippen molar-refractivity contribution in [3.8, 4) is 0 Å². The molecular formula is C13H13N5S. The van der Waals surface area contributed by atoms with Crippen molar-refractivity contribution in [3.05, 3.63) is 42.4 Å². The molecule has 1 aromatic carbocycles. The molecule has 0 spiro atoms. The standard InChI is InChI=1S/C13H13N5S/c1-2-9-7-12(18-13(17-9)15-8-16-18)19-11-6-4-3-5-10(11)14/h3-8H,2,14H2,1H3. The summed E-state index contributed by atoms with van der Waals surface area (Å²) in [6.07, 6.45) is 2.38. The Bertz CT molecular complexity index is 722. The summed E-state index contributed by atoms with van der Waals surface area (Å²) < 4.78 is 1.73. The molecular weight excluding hydrogens is 258 g/mol. The summed E-state index contributed by atoms with van der Waals surface area (Å²) >= 11 is 1.57. The molecule has 0 aliphatic rings. The van der Waals surface area contributed by atoms with Crippen LogP contribution in [0, 0.1) is 0 Å². The van der Waals surface area contributed by atoms with Crippen LogP contribution in [0.25, 0.3) is 5.78 Å². The zero-order valence-electron chi connectivity index (χ0n) is 10.4. The van der Waals surface area contributed by atoms with Gasteiger partial charge in [-0.3, -0.25) is 0 Å². The average Bonchev–Trinajstić information content (AvgIpc) is 2.89. The van der Waals surface area contributed by atoms with E-state index in [2.05, 4.69) is 22.0 Å². The number of hydrogen-bond donors (Lipinski definition) is 1. The molecule has 0 aliphatic carbocycles. The predicted molar refractivity (Wildman–Crippen MR) is 75.1 cm³/mol. The maximum Gasteiger partial charge on any atom is 0.253 e. The van der Waals surface area contributed by atoms with Crippen molar-refractivity contribution in [1.82, 2.24) is 19.6 Å². The number of nitrogens with two attached hydrogens (primary N) is 1. The van der Waals surface area contributed by atoms with E-state index < -0.39 is 0 Å². The maximum atomic E-state index is 5.98. The zero-order chi connectivity index (χ0) is 13.2. The van der Waals surface area contributed by atoms with Crippen molar-refractivity contribution < 1.29 is 0 Å². The van der Waals surface area contributed by atoms with Crippen LogP contribution in [0.2, 0.25) is 0 Å². The maximum absolute atomic E-state index is 5.98. The highest BCUT2D eigenvalue weighted by Gasteiger charge is 2.09. The Hall–Kier alpha value is -2.08. The van der Waals surface area contributed by atoms with E-state index in [1.807, 2.05) is 30.3 Å². The molecule has 2 heterocycles. The van der Waals surface area contributed by atoms with Gasteiger partial charge in [0, 0.05) is 16.3 Å². The molecule has 5 nitrogen and oxygen atoms in total. The second-order valence-electron chi connectivity index (χ2n) is 4.05. The van der Waals surface area contributed by atoms with E-state index in [1.165, 1.54) is 6.33 Å². The van der Waals surface area contributed by atoms with Crippen LogP contribution in [-0.2, 0) is 6.42 Å². The number of aromatic nitrogens is 4. The van der Waals surface area contributed by atoms with Crippen LogP contribution >= 0.6 is 11.8 Å².